The maximum atomic E-state index is 13.9. The van der Waals surface area contributed by atoms with Gasteiger partial charge >= 0.3 is 6.18 Å². The highest BCUT2D eigenvalue weighted by Gasteiger charge is 2.62. The number of hydrogen-bond acceptors (Lipinski definition) is 4. The van der Waals surface area contributed by atoms with Gasteiger partial charge in [-0.1, -0.05) is 48.2 Å². The molecule has 37 heavy (non-hydrogen) atoms. The van der Waals surface area contributed by atoms with E-state index in [1.165, 1.54) is 19.2 Å². The fourth-order valence-electron chi connectivity index (χ4n) is 4.51. The maximum Gasteiger partial charge on any atom is 0.430 e. The van der Waals surface area contributed by atoms with E-state index in [2.05, 4.69) is 10.6 Å². The highest BCUT2D eigenvalue weighted by atomic mass is 35.5. The molecule has 2 aromatic carbocycles. The molecule has 0 spiro atoms. The van der Waals surface area contributed by atoms with Crippen molar-refractivity contribution < 1.29 is 27.9 Å². The Balaban J connectivity index is 1.46. The number of amides is 2. The number of carbonyl (C=O) groups excluding carboxylic acids is 2. The summed E-state index contributed by atoms with van der Waals surface area (Å²) < 4.78 is 41.7. The van der Waals surface area contributed by atoms with Crippen LogP contribution in [0.25, 0.3) is 0 Å². The van der Waals surface area contributed by atoms with E-state index in [0.717, 1.165) is 42.0 Å². The summed E-state index contributed by atoms with van der Waals surface area (Å²) in [4.78, 5) is 25.7. The number of rotatable bonds is 9. The van der Waals surface area contributed by atoms with Gasteiger partial charge in [0, 0.05) is 43.0 Å². The van der Waals surface area contributed by atoms with Crippen LogP contribution < -0.4 is 10.6 Å². The van der Waals surface area contributed by atoms with Crippen LogP contribution in [0, 0.1) is 5.92 Å². The second-order valence-electron chi connectivity index (χ2n) is 9.15. The number of carbonyl (C=O) groups is 2. The van der Waals surface area contributed by atoms with E-state index in [0.29, 0.717) is 30.0 Å². The minimum Gasteiger partial charge on any atom is -0.385 e. The summed E-state index contributed by atoms with van der Waals surface area (Å²) in [7, 11) is 1.54. The van der Waals surface area contributed by atoms with Gasteiger partial charge in [-0.2, -0.15) is 13.2 Å². The Morgan fingerprint density at radius 2 is 1.78 bits per heavy atom. The van der Waals surface area contributed by atoms with Crippen molar-refractivity contribution in [2.24, 2.45) is 5.92 Å². The van der Waals surface area contributed by atoms with Crippen molar-refractivity contribution in [1.29, 1.82) is 0 Å². The van der Waals surface area contributed by atoms with Gasteiger partial charge in [0.15, 0.2) is 0 Å². The summed E-state index contributed by atoms with van der Waals surface area (Å²) >= 11 is 12.0. The predicted molar refractivity (Wildman–Crippen MR) is 138 cm³/mol. The lowest BCUT2D eigenvalue weighted by molar-refractivity contribution is -0.262. The van der Waals surface area contributed by atoms with Crippen molar-refractivity contribution in [3.8, 4) is 0 Å². The first-order valence-corrected chi connectivity index (χ1v) is 12.8. The second-order valence-corrected chi connectivity index (χ2v) is 9.99. The lowest BCUT2D eigenvalue weighted by Gasteiger charge is -2.38. The fourth-order valence-corrected chi connectivity index (χ4v) is 4.97. The van der Waals surface area contributed by atoms with Gasteiger partial charge in [-0.25, -0.2) is 0 Å². The molecule has 6 nitrogen and oxygen atoms in total. The lowest BCUT2D eigenvalue weighted by Crippen LogP contribution is -2.57. The van der Waals surface area contributed by atoms with Crippen LogP contribution in [0.4, 0.5) is 18.9 Å². The molecular formula is C26H30Cl2F3N3O3. The van der Waals surface area contributed by atoms with Gasteiger partial charge in [-0.15, -0.1) is 0 Å². The number of nitrogens with zero attached hydrogens (tertiary/aromatic N) is 1. The second kappa shape index (κ2) is 12.4. The molecule has 11 heteroatoms. The Bertz CT molecular complexity index is 1110. The number of alkyl halides is 3. The summed E-state index contributed by atoms with van der Waals surface area (Å²) in [5.74, 6) is -1.33. The van der Waals surface area contributed by atoms with Crippen molar-refractivity contribution in [3.05, 3.63) is 63.6 Å². The Kier molecular flexibility index (Phi) is 9.72. The number of aliphatic hydroxyl groups is 1. The molecule has 0 saturated carbocycles. The van der Waals surface area contributed by atoms with E-state index in [9.17, 15) is 27.9 Å². The molecule has 202 valence electrons. The maximum absolute atomic E-state index is 13.9. The Labute approximate surface area is 224 Å². The zero-order chi connectivity index (χ0) is 27.2. The largest absolute Gasteiger partial charge is 0.430 e. The molecule has 1 atom stereocenters. The van der Waals surface area contributed by atoms with Crippen molar-refractivity contribution in [2.45, 2.75) is 43.9 Å². The molecule has 0 radical (unpaired) electrons. The molecule has 0 bridgehead atoms. The molecular weight excluding hydrogens is 530 g/mol. The first kappa shape index (κ1) is 29.1. The van der Waals surface area contributed by atoms with Crippen molar-refractivity contribution in [1.82, 2.24) is 10.2 Å². The van der Waals surface area contributed by atoms with E-state index in [-0.39, 0.29) is 29.9 Å². The average molecular weight is 560 g/mol. The zero-order valence-electron chi connectivity index (χ0n) is 20.4. The molecule has 2 amide bonds. The molecule has 0 aromatic heterocycles. The molecule has 1 aliphatic heterocycles. The van der Waals surface area contributed by atoms with Gasteiger partial charge < -0.3 is 20.6 Å². The van der Waals surface area contributed by atoms with Crippen LogP contribution in [0.2, 0.25) is 10.0 Å². The molecule has 3 N–H and O–H groups in total. The number of unbranched alkanes of at least 4 members (excludes halogenated alkanes) is 1. The average Bonchev–Trinajstić information content (AvgIpc) is 2.87. The van der Waals surface area contributed by atoms with Crippen molar-refractivity contribution in [3.63, 3.8) is 0 Å². The normalized spacial score (nSPS) is 16.2. The third-order valence-electron chi connectivity index (χ3n) is 6.67. The van der Waals surface area contributed by atoms with Crippen LogP contribution in [0.3, 0.4) is 0 Å². The first-order chi connectivity index (χ1) is 17.5. The fraction of sp³-hybridized carbons (Fsp3) is 0.462. The number of piperidine rings is 1. The molecule has 1 saturated heterocycles. The number of likely N-dealkylation sites (tertiary alicyclic amines) is 1. The number of anilines is 1. The molecule has 1 fully saturated rings. The van der Waals surface area contributed by atoms with Crippen LogP contribution in [0.15, 0.2) is 42.5 Å². The van der Waals surface area contributed by atoms with E-state index in [1.807, 2.05) is 0 Å². The van der Waals surface area contributed by atoms with Crippen LogP contribution in [-0.4, -0.2) is 54.7 Å². The van der Waals surface area contributed by atoms with Crippen molar-refractivity contribution in [2.75, 3.05) is 32.0 Å². The zero-order valence-corrected chi connectivity index (χ0v) is 21.9. The van der Waals surface area contributed by atoms with E-state index in [4.69, 9.17) is 23.2 Å². The van der Waals surface area contributed by atoms with Crippen molar-refractivity contribution >= 4 is 40.7 Å². The number of benzene rings is 2. The van der Waals surface area contributed by atoms with E-state index in [1.54, 1.807) is 18.2 Å². The third-order valence-corrected chi connectivity index (χ3v) is 7.22. The van der Waals surface area contributed by atoms with Crippen LogP contribution in [-0.2, 0) is 10.4 Å². The minimum atomic E-state index is -5.19. The molecule has 2 aromatic rings. The quantitative estimate of drug-likeness (QED) is 0.348. The Morgan fingerprint density at radius 1 is 1.08 bits per heavy atom. The van der Waals surface area contributed by atoms with Crippen LogP contribution >= 0.6 is 23.2 Å². The minimum absolute atomic E-state index is 0.00480. The van der Waals surface area contributed by atoms with Gasteiger partial charge in [0.05, 0.1) is 10.6 Å². The third kappa shape index (κ3) is 6.89. The van der Waals surface area contributed by atoms with Gasteiger partial charge in [-0.3, -0.25) is 9.59 Å². The predicted octanol–water partition coefficient (Wildman–Crippen LogP) is 5.62. The highest BCUT2D eigenvalue weighted by Crippen LogP contribution is 2.42. The summed E-state index contributed by atoms with van der Waals surface area (Å²) in [6, 6.07) is 9.83. The van der Waals surface area contributed by atoms with Gasteiger partial charge in [0.2, 0.25) is 0 Å². The van der Waals surface area contributed by atoms with Gasteiger partial charge in [0.1, 0.15) is 0 Å². The van der Waals surface area contributed by atoms with Gasteiger partial charge in [-0.05, 0) is 55.5 Å². The summed E-state index contributed by atoms with van der Waals surface area (Å²) in [5.41, 5.74) is -3.02. The highest BCUT2D eigenvalue weighted by molar-refractivity contribution is 6.34. The summed E-state index contributed by atoms with van der Waals surface area (Å²) in [5, 5.41) is 16.8. The Hall–Kier alpha value is -2.49. The number of nitrogens with one attached hydrogen (secondary N) is 2. The topological polar surface area (TPSA) is 81.7 Å². The first-order valence-electron chi connectivity index (χ1n) is 12.1. The molecule has 3 rings (SSSR count). The summed E-state index contributed by atoms with van der Waals surface area (Å²) in [6.45, 7) is 0.999. The molecule has 1 heterocycles. The smallest absolute Gasteiger partial charge is 0.385 e. The van der Waals surface area contributed by atoms with Crippen LogP contribution in [0.5, 0.6) is 0 Å². The number of halogens is 5. The molecule has 0 aliphatic carbocycles. The number of hydrogen-bond donors (Lipinski definition) is 3. The summed E-state index contributed by atoms with van der Waals surface area (Å²) in [6.07, 6.45) is -1.39. The molecule has 1 aliphatic rings. The lowest BCUT2D eigenvalue weighted by atomic mass is 9.88. The standard InChI is InChI=1S/C26H30Cl2F3N3O3/c1-32-23(35)21-9-8-20(16-22(21)28)33-12-3-2-5-17-10-13-34(14-11-17)24(36)25(37,26(29,30)31)18-6-4-7-19(27)15-18/h4,6-9,15-17,33,37H,2-3,5,10-14H2,1H3,(H,32,35)/t25-/m1/s1. The van der Waals surface area contributed by atoms with E-state index < -0.39 is 23.2 Å². The van der Waals surface area contributed by atoms with Crippen LogP contribution in [0.1, 0.15) is 48.0 Å². The molecule has 0 unspecified atom stereocenters. The Morgan fingerprint density at radius 3 is 2.38 bits per heavy atom. The monoisotopic (exact) mass is 559 g/mol. The van der Waals surface area contributed by atoms with E-state index >= 15 is 0 Å². The van der Waals surface area contributed by atoms with Gasteiger partial charge in [0.25, 0.3) is 17.4 Å². The SMILES string of the molecule is CNC(=O)c1ccc(NCCCCC2CCN(C(=O)[C@](O)(c3cccc(Cl)c3)C(F)(F)F)CC2)cc1Cl.